The van der Waals surface area contributed by atoms with Crippen molar-refractivity contribution in [1.29, 1.82) is 0 Å². The average molecular weight is 284 g/mol. The van der Waals surface area contributed by atoms with Crippen LogP contribution >= 0.6 is 0 Å². The van der Waals surface area contributed by atoms with E-state index in [1.165, 1.54) is 0 Å². The van der Waals surface area contributed by atoms with Crippen molar-refractivity contribution in [1.82, 2.24) is 4.72 Å². The summed E-state index contributed by atoms with van der Waals surface area (Å²) in [6.07, 6.45) is 1.70. The normalized spacial score (nSPS) is 20.4. The van der Waals surface area contributed by atoms with Crippen molar-refractivity contribution >= 4 is 10.0 Å². The molecule has 0 radical (unpaired) electrons. The van der Waals surface area contributed by atoms with Gasteiger partial charge in [-0.25, -0.2) is 13.1 Å². The summed E-state index contributed by atoms with van der Waals surface area (Å²) in [6, 6.07) is 5.13. The summed E-state index contributed by atoms with van der Waals surface area (Å²) in [6.45, 7) is 3.26. The van der Waals surface area contributed by atoms with E-state index in [-0.39, 0.29) is 6.04 Å². The van der Waals surface area contributed by atoms with Crippen molar-refractivity contribution in [2.24, 2.45) is 5.73 Å². The van der Waals surface area contributed by atoms with Crippen molar-refractivity contribution in [2.75, 3.05) is 13.2 Å². The van der Waals surface area contributed by atoms with E-state index >= 15 is 0 Å². The predicted molar refractivity (Wildman–Crippen MR) is 73.2 cm³/mol. The highest BCUT2D eigenvalue weighted by atomic mass is 32.2. The lowest BCUT2D eigenvalue weighted by Crippen LogP contribution is -2.40. The van der Waals surface area contributed by atoms with Crippen LogP contribution in [0.5, 0.6) is 0 Å². The molecule has 1 aliphatic rings. The molecule has 1 unspecified atom stereocenters. The molecule has 0 spiro atoms. The van der Waals surface area contributed by atoms with Gasteiger partial charge in [0.25, 0.3) is 0 Å². The van der Waals surface area contributed by atoms with E-state index < -0.39 is 10.0 Å². The maximum absolute atomic E-state index is 12.4. The minimum absolute atomic E-state index is 0.139. The molecule has 6 heteroatoms. The summed E-state index contributed by atoms with van der Waals surface area (Å²) in [7, 11) is -3.51. The number of rotatable bonds is 4. The fourth-order valence-corrected chi connectivity index (χ4v) is 3.73. The average Bonchev–Trinajstić information content (AvgIpc) is 2.39. The molecule has 3 N–H and O–H groups in total. The second kappa shape index (κ2) is 6.00. The third-order valence-electron chi connectivity index (χ3n) is 3.26. The second-order valence-corrected chi connectivity index (χ2v) is 6.52. The highest BCUT2D eigenvalue weighted by Gasteiger charge is 2.23. The first kappa shape index (κ1) is 14.5. The van der Waals surface area contributed by atoms with Gasteiger partial charge in [-0.3, -0.25) is 0 Å². The highest BCUT2D eigenvalue weighted by Crippen LogP contribution is 2.18. The Balaban J connectivity index is 2.23. The number of ether oxygens (including phenoxy) is 1. The second-order valence-electron chi connectivity index (χ2n) is 4.84. The van der Waals surface area contributed by atoms with E-state index in [0.717, 1.165) is 24.0 Å². The molecule has 19 heavy (non-hydrogen) atoms. The molecule has 0 aliphatic carbocycles. The van der Waals surface area contributed by atoms with Gasteiger partial charge < -0.3 is 10.5 Å². The van der Waals surface area contributed by atoms with E-state index in [1.807, 2.05) is 6.07 Å². The number of sulfonamides is 1. The molecule has 1 fully saturated rings. The molecule has 5 nitrogen and oxygen atoms in total. The van der Waals surface area contributed by atoms with Crippen molar-refractivity contribution in [3.05, 3.63) is 29.3 Å². The van der Waals surface area contributed by atoms with Gasteiger partial charge in [-0.1, -0.05) is 12.1 Å². The lowest BCUT2D eigenvalue weighted by molar-refractivity contribution is 0.0774. The molecular formula is C13H20N2O3S. The Morgan fingerprint density at radius 1 is 1.47 bits per heavy atom. The zero-order valence-electron chi connectivity index (χ0n) is 11.1. The van der Waals surface area contributed by atoms with E-state index in [9.17, 15) is 8.42 Å². The molecule has 1 saturated heterocycles. The van der Waals surface area contributed by atoms with Gasteiger partial charge in [-0.05, 0) is 37.0 Å². The smallest absolute Gasteiger partial charge is 0.241 e. The SMILES string of the molecule is Cc1ccc(CN)cc1S(=O)(=O)NC1CCCOC1. The Labute approximate surface area is 114 Å². The Hall–Kier alpha value is -0.950. The molecule has 1 heterocycles. The van der Waals surface area contributed by atoms with Gasteiger partial charge in [0.05, 0.1) is 11.5 Å². The summed E-state index contributed by atoms with van der Waals surface area (Å²) in [4.78, 5) is 0.307. The summed E-state index contributed by atoms with van der Waals surface area (Å²) < 4.78 is 32.8. The van der Waals surface area contributed by atoms with Gasteiger partial charge >= 0.3 is 0 Å². The third kappa shape index (κ3) is 3.54. The minimum atomic E-state index is -3.51. The summed E-state index contributed by atoms with van der Waals surface area (Å²) in [5.41, 5.74) is 7.10. The van der Waals surface area contributed by atoms with Crippen LogP contribution in [0.25, 0.3) is 0 Å². The van der Waals surface area contributed by atoms with Crippen molar-refractivity contribution < 1.29 is 13.2 Å². The first-order chi connectivity index (χ1) is 9.03. The monoisotopic (exact) mass is 284 g/mol. The maximum atomic E-state index is 12.4. The summed E-state index contributed by atoms with van der Waals surface area (Å²) in [5, 5.41) is 0. The van der Waals surface area contributed by atoms with E-state index in [2.05, 4.69) is 4.72 Å². The van der Waals surface area contributed by atoms with Crippen LogP contribution in [-0.4, -0.2) is 27.7 Å². The Kier molecular flexibility index (Phi) is 4.57. The van der Waals surface area contributed by atoms with E-state index in [1.54, 1.807) is 19.1 Å². The lowest BCUT2D eigenvalue weighted by Gasteiger charge is -2.23. The van der Waals surface area contributed by atoms with Gasteiger partial charge in [0, 0.05) is 19.2 Å². The van der Waals surface area contributed by atoms with E-state index in [4.69, 9.17) is 10.5 Å². The minimum Gasteiger partial charge on any atom is -0.380 e. The molecule has 106 valence electrons. The molecule has 0 saturated carbocycles. The van der Waals surface area contributed by atoms with Crippen molar-refractivity contribution in [3.8, 4) is 0 Å². The quantitative estimate of drug-likeness (QED) is 0.861. The number of aryl methyl sites for hydroxylation is 1. The highest BCUT2D eigenvalue weighted by molar-refractivity contribution is 7.89. The first-order valence-corrected chi connectivity index (χ1v) is 7.91. The third-order valence-corrected chi connectivity index (χ3v) is 4.92. The standard InChI is InChI=1S/C13H20N2O3S/c1-10-4-5-11(8-14)7-13(10)19(16,17)15-12-3-2-6-18-9-12/h4-5,7,12,15H,2-3,6,8-9,14H2,1H3. The van der Waals surface area contributed by atoms with Gasteiger partial charge in [-0.15, -0.1) is 0 Å². The molecule has 1 aromatic rings. The van der Waals surface area contributed by atoms with Crippen LogP contribution in [0.3, 0.4) is 0 Å². The van der Waals surface area contributed by atoms with Crippen LogP contribution in [-0.2, 0) is 21.3 Å². The van der Waals surface area contributed by atoms with Gasteiger partial charge in [0.1, 0.15) is 0 Å². The maximum Gasteiger partial charge on any atom is 0.241 e. The number of hydrogen-bond acceptors (Lipinski definition) is 4. The van der Waals surface area contributed by atoms with Crippen LogP contribution in [0.2, 0.25) is 0 Å². The number of nitrogens with two attached hydrogens (primary N) is 1. The number of benzene rings is 1. The van der Waals surface area contributed by atoms with Crippen LogP contribution in [0.4, 0.5) is 0 Å². The van der Waals surface area contributed by atoms with Crippen LogP contribution in [0, 0.1) is 6.92 Å². The fraction of sp³-hybridized carbons (Fsp3) is 0.538. The molecule has 1 aromatic carbocycles. The van der Waals surface area contributed by atoms with Crippen LogP contribution in [0.15, 0.2) is 23.1 Å². The summed E-state index contributed by atoms with van der Waals surface area (Å²) in [5.74, 6) is 0. The molecule has 0 aromatic heterocycles. The molecule has 0 bridgehead atoms. The van der Waals surface area contributed by atoms with Gasteiger partial charge in [-0.2, -0.15) is 0 Å². The van der Waals surface area contributed by atoms with E-state index in [0.29, 0.717) is 24.7 Å². The topological polar surface area (TPSA) is 81.4 Å². The first-order valence-electron chi connectivity index (χ1n) is 6.42. The molecular weight excluding hydrogens is 264 g/mol. The fourth-order valence-electron chi connectivity index (χ4n) is 2.18. The summed E-state index contributed by atoms with van der Waals surface area (Å²) >= 11 is 0. The lowest BCUT2D eigenvalue weighted by atomic mass is 10.1. The zero-order valence-corrected chi connectivity index (χ0v) is 11.9. The molecule has 1 atom stereocenters. The molecule has 2 rings (SSSR count). The van der Waals surface area contributed by atoms with Crippen molar-refractivity contribution in [2.45, 2.75) is 37.2 Å². The van der Waals surface area contributed by atoms with Crippen LogP contribution < -0.4 is 10.5 Å². The zero-order chi connectivity index (χ0) is 13.9. The van der Waals surface area contributed by atoms with Crippen LogP contribution in [0.1, 0.15) is 24.0 Å². The Morgan fingerprint density at radius 3 is 2.89 bits per heavy atom. The number of nitrogens with one attached hydrogen (secondary N) is 1. The van der Waals surface area contributed by atoms with Gasteiger partial charge in [0.15, 0.2) is 0 Å². The van der Waals surface area contributed by atoms with Crippen molar-refractivity contribution in [3.63, 3.8) is 0 Å². The Morgan fingerprint density at radius 2 is 2.26 bits per heavy atom. The number of hydrogen-bond donors (Lipinski definition) is 2. The van der Waals surface area contributed by atoms with Gasteiger partial charge in [0.2, 0.25) is 10.0 Å². The molecule has 0 amide bonds. The molecule has 1 aliphatic heterocycles. The Bertz CT molecular complexity index is 537. The largest absolute Gasteiger partial charge is 0.380 e. The predicted octanol–water partition coefficient (Wildman–Crippen LogP) is 0.911.